The minimum absolute atomic E-state index is 0.0489. The molecule has 0 spiro atoms. The van der Waals surface area contributed by atoms with Crippen molar-refractivity contribution >= 4 is 23.4 Å². The molecule has 0 saturated carbocycles. The van der Waals surface area contributed by atoms with E-state index in [-0.39, 0.29) is 6.61 Å². The van der Waals surface area contributed by atoms with Crippen molar-refractivity contribution in [2.75, 3.05) is 0 Å². The van der Waals surface area contributed by atoms with E-state index in [2.05, 4.69) is 19.1 Å². The monoisotopic (exact) mass is 278 g/mol. The minimum atomic E-state index is 0.0489. The van der Waals surface area contributed by atoms with E-state index in [9.17, 15) is 5.11 Å². The second-order valence-electron chi connectivity index (χ2n) is 4.13. The van der Waals surface area contributed by atoms with E-state index >= 15 is 0 Å². The van der Waals surface area contributed by atoms with Gasteiger partial charge in [0, 0.05) is 15.7 Å². The summed E-state index contributed by atoms with van der Waals surface area (Å²) in [5, 5.41) is 10.0. The zero-order chi connectivity index (χ0) is 13.0. The first-order valence-electron chi connectivity index (χ1n) is 5.77. The molecule has 0 radical (unpaired) electrons. The largest absolute Gasteiger partial charge is 0.392 e. The highest BCUT2D eigenvalue weighted by molar-refractivity contribution is 7.98. The van der Waals surface area contributed by atoms with Crippen molar-refractivity contribution in [1.29, 1.82) is 0 Å². The van der Waals surface area contributed by atoms with Gasteiger partial charge >= 0.3 is 0 Å². The summed E-state index contributed by atoms with van der Waals surface area (Å²) in [5.74, 6) is 0.889. The predicted octanol–water partition coefficient (Wildman–Crippen LogP) is 4.43. The van der Waals surface area contributed by atoms with Gasteiger partial charge in [-0.15, -0.1) is 11.8 Å². The van der Waals surface area contributed by atoms with Crippen LogP contribution in [0.2, 0.25) is 5.02 Å². The van der Waals surface area contributed by atoms with Gasteiger partial charge < -0.3 is 5.11 Å². The van der Waals surface area contributed by atoms with Crippen LogP contribution in [-0.2, 0) is 12.4 Å². The van der Waals surface area contributed by atoms with Crippen molar-refractivity contribution < 1.29 is 5.11 Å². The van der Waals surface area contributed by atoms with Gasteiger partial charge in [-0.3, -0.25) is 0 Å². The highest BCUT2D eigenvalue weighted by atomic mass is 35.5. The molecule has 0 aromatic heterocycles. The third-order valence-corrected chi connectivity index (χ3v) is 4.23. The molecule has 1 nitrogen and oxygen atoms in total. The normalized spacial score (nSPS) is 10.6. The predicted molar refractivity (Wildman–Crippen MR) is 78.1 cm³/mol. The van der Waals surface area contributed by atoms with Crippen LogP contribution in [0.3, 0.4) is 0 Å². The number of hydrogen-bond donors (Lipinski definition) is 1. The summed E-state index contributed by atoms with van der Waals surface area (Å²) >= 11 is 7.70. The number of rotatable bonds is 4. The maximum Gasteiger partial charge on any atom is 0.0692 e. The average Bonchev–Trinajstić information content (AvgIpc) is 2.38. The molecule has 2 rings (SSSR count). The quantitative estimate of drug-likeness (QED) is 0.835. The molecule has 0 fully saturated rings. The highest BCUT2D eigenvalue weighted by Crippen LogP contribution is 2.29. The number of aliphatic hydroxyl groups is 1. The number of aryl methyl sites for hydroxylation is 1. The number of hydrogen-bond acceptors (Lipinski definition) is 2. The van der Waals surface area contributed by atoms with Gasteiger partial charge in [0.15, 0.2) is 0 Å². The van der Waals surface area contributed by atoms with Crippen LogP contribution in [0.4, 0.5) is 0 Å². The van der Waals surface area contributed by atoms with Crippen molar-refractivity contribution in [2.45, 2.75) is 24.2 Å². The molecule has 3 heteroatoms. The van der Waals surface area contributed by atoms with Crippen molar-refractivity contribution in [1.82, 2.24) is 0 Å². The van der Waals surface area contributed by atoms with Gasteiger partial charge in [-0.05, 0) is 35.7 Å². The Morgan fingerprint density at radius 2 is 1.89 bits per heavy atom. The number of thioether (sulfide) groups is 1. The molecule has 0 atom stereocenters. The van der Waals surface area contributed by atoms with E-state index in [1.165, 1.54) is 11.1 Å². The van der Waals surface area contributed by atoms with E-state index in [0.29, 0.717) is 5.02 Å². The number of aliphatic hydroxyl groups excluding tert-OH is 1. The van der Waals surface area contributed by atoms with E-state index in [1.807, 2.05) is 30.3 Å². The summed E-state index contributed by atoms with van der Waals surface area (Å²) in [6, 6.07) is 13.9. The van der Waals surface area contributed by atoms with Crippen LogP contribution in [0.1, 0.15) is 16.7 Å². The Kier molecular flexibility index (Phi) is 4.70. The van der Waals surface area contributed by atoms with Gasteiger partial charge in [0.2, 0.25) is 0 Å². The fraction of sp³-hybridized carbons (Fsp3) is 0.200. The maximum absolute atomic E-state index is 9.30. The van der Waals surface area contributed by atoms with E-state index < -0.39 is 0 Å². The lowest BCUT2D eigenvalue weighted by Gasteiger charge is -2.09. The van der Waals surface area contributed by atoms with Crippen LogP contribution in [0.5, 0.6) is 0 Å². The van der Waals surface area contributed by atoms with Crippen LogP contribution < -0.4 is 0 Å². The van der Waals surface area contributed by atoms with E-state index in [1.54, 1.807) is 11.8 Å². The van der Waals surface area contributed by atoms with Gasteiger partial charge in [-0.1, -0.05) is 41.9 Å². The lowest BCUT2D eigenvalue weighted by atomic mass is 10.1. The second-order valence-corrected chi connectivity index (χ2v) is 5.58. The van der Waals surface area contributed by atoms with Gasteiger partial charge in [-0.25, -0.2) is 0 Å². The van der Waals surface area contributed by atoms with Gasteiger partial charge in [-0.2, -0.15) is 0 Å². The van der Waals surface area contributed by atoms with Crippen LogP contribution in [0, 0.1) is 6.92 Å². The van der Waals surface area contributed by atoms with Crippen molar-refractivity contribution in [3.63, 3.8) is 0 Å². The van der Waals surface area contributed by atoms with E-state index in [0.717, 1.165) is 16.2 Å². The fourth-order valence-corrected chi connectivity index (χ4v) is 3.12. The molecular weight excluding hydrogens is 264 g/mol. The SMILES string of the molecule is Cc1ccccc1CSc1cc(Cl)ccc1CO. The number of halogens is 1. The Hall–Kier alpha value is -0.960. The lowest BCUT2D eigenvalue weighted by Crippen LogP contribution is -1.90. The Morgan fingerprint density at radius 3 is 2.61 bits per heavy atom. The summed E-state index contributed by atoms with van der Waals surface area (Å²) in [5.41, 5.74) is 3.53. The van der Waals surface area contributed by atoms with Crippen molar-refractivity contribution in [3.05, 3.63) is 64.2 Å². The third-order valence-electron chi connectivity index (χ3n) is 2.84. The van der Waals surface area contributed by atoms with Crippen LogP contribution in [0.15, 0.2) is 47.4 Å². The molecule has 18 heavy (non-hydrogen) atoms. The molecule has 0 bridgehead atoms. The maximum atomic E-state index is 9.30. The zero-order valence-corrected chi connectivity index (χ0v) is 11.8. The molecule has 0 heterocycles. The molecule has 0 aliphatic heterocycles. The van der Waals surface area contributed by atoms with Crippen LogP contribution in [0.25, 0.3) is 0 Å². The van der Waals surface area contributed by atoms with E-state index in [4.69, 9.17) is 11.6 Å². The van der Waals surface area contributed by atoms with Crippen molar-refractivity contribution in [2.24, 2.45) is 0 Å². The fourth-order valence-electron chi connectivity index (χ4n) is 1.72. The molecule has 0 amide bonds. The Bertz CT molecular complexity index is 540. The molecule has 0 unspecified atom stereocenters. The topological polar surface area (TPSA) is 20.2 Å². The molecule has 0 aliphatic carbocycles. The Labute approximate surface area is 117 Å². The zero-order valence-electron chi connectivity index (χ0n) is 10.2. The molecular formula is C15H15ClOS. The highest BCUT2D eigenvalue weighted by Gasteiger charge is 2.05. The number of benzene rings is 2. The molecule has 1 N–H and O–H groups in total. The standard InChI is InChI=1S/C15H15ClOS/c1-11-4-2-3-5-13(11)10-18-15-8-14(16)7-6-12(15)9-17/h2-8,17H,9-10H2,1H3. The van der Waals surface area contributed by atoms with Crippen LogP contribution >= 0.6 is 23.4 Å². The van der Waals surface area contributed by atoms with Gasteiger partial charge in [0.25, 0.3) is 0 Å². The minimum Gasteiger partial charge on any atom is -0.392 e. The Morgan fingerprint density at radius 1 is 1.11 bits per heavy atom. The first-order valence-corrected chi connectivity index (χ1v) is 7.13. The summed E-state index contributed by atoms with van der Waals surface area (Å²) in [4.78, 5) is 1.05. The van der Waals surface area contributed by atoms with Gasteiger partial charge in [0.1, 0.15) is 0 Å². The van der Waals surface area contributed by atoms with Crippen LogP contribution in [-0.4, -0.2) is 5.11 Å². The first kappa shape index (κ1) is 13.5. The molecule has 2 aromatic carbocycles. The molecule has 2 aromatic rings. The third kappa shape index (κ3) is 3.29. The second kappa shape index (κ2) is 6.28. The van der Waals surface area contributed by atoms with Crippen molar-refractivity contribution in [3.8, 4) is 0 Å². The smallest absolute Gasteiger partial charge is 0.0692 e. The Balaban J connectivity index is 2.15. The summed E-state index contributed by atoms with van der Waals surface area (Å²) in [6.07, 6.45) is 0. The first-order chi connectivity index (χ1) is 8.70. The van der Waals surface area contributed by atoms with Gasteiger partial charge in [0.05, 0.1) is 6.61 Å². The summed E-state index contributed by atoms with van der Waals surface area (Å²) in [7, 11) is 0. The lowest BCUT2D eigenvalue weighted by molar-refractivity contribution is 0.279. The average molecular weight is 279 g/mol. The molecule has 94 valence electrons. The molecule has 0 saturated heterocycles. The molecule has 0 aliphatic rings. The summed E-state index contributed by atoms with van der Waals surface area (Å²) in [6.45, 7) is 2.16. The summed E-state index contributed by atoms with van der Waals surface area (Å²) < 4.78 is 0.